The fourth-order valence-electron chi connectivity index (χ4n) is 2.58. The first kappa shape index (κ1) is 13.6. The number of benzene rings is 1. The van der Waals surface area contributed by atoms with Gasteiger partial charge in [-0.15, -0.1) is 0 Å². The number of amides is 1. The lowest BCUT2D eigenvalue weighted by Gasteiger charge is -2.22. The molecule has 2 rings (SSSR count). The fourth-order valence-corrected chi connectivity index (χ4v) is 2.58. The molecule has 0 radical (unpaired) electrons. The normalized spacial score (nSPS) is 18.6. The molecule has 19 heavy (non-hydrogen) atoms. The molecule has 1 atom stereocenters. The number of carbonyl (C=O) groups is 2. The van der Waals surface area contributed by atoms with Crippen LogP contribution in [-0.2, 0) is 16.0 Å². The van der Waals surface area contributed by atoms with Gasteiger partial charge in [0.25, 0.3) is 0 Å². The molecule has 102 valence electrons. The molecule has 4 heteroatoms. The first-order valence-electron chi connectivity index (χ1n) is 6.57. The average Bonchev–Trinajstić information content (AvgIpc) is 2.83. The molecule has 1 saturated heterocycles. The van der Waals surface area contributed by atoms with Crippen LogP contribution in [0.5, 0.6) is 0 Å². The van der Waals surface area contributed by atoms with Crippen LogP contribution in [0.2, 0.25) is 0 Å². The minimum Gasteiger partial charge on any atom is -0.480 e. The first-order chi connectivity index (χ1) is 8.99. The smallest absolute Gasteiger partial charge is 0.326 e. The highest BCUT2D eigenvalue weighted by Crippen LogP contribution is 2.20. The molecular formula is C15H19NO3. The van der Waals surface area contributed by atoms with Gasteiger partial charge in [0.15, 0.2) is 0 Å². The molecule has 0 aromatic heterocycles. The van der Waals surface area contributed by atoms with Gasteiger partial charge >= 0.3 is 5.97 Å². The molecule has 1 aliphatic heterocycles. The Hall–Kier alpha value is -1.84. The van der Waals surface area contributed by atoms with E-state index in [1.807, 2.05) is 32.0 Å². The minimum atomic E-state index is -0.896. The molecule has 1 fully saturated rings. The van der Waals surface area contributed by atoms with Gasteiger partial charge in [0.05, 0.1) is 6.42 Å². The maximum absolute atomic E-state index is 12.3. The highest BCUT2D eigenvalue weighted by molar-refractivity contribution is 5.85. The number of rotatable bonds is 3. The number of nitrogens with zero attached hydrogens (tertiary/aromatic N) is 1. The highest BCUT2D eigenvalue weighted by atomic mass is 16.4. The topological polar surface area (TPSA) is 57.6 Å². The number of carboxylic acid groups (broad SMARTS) is 1. The second kappa shape index (κ2) is 5.43. The van der Waals surface area contributed by atoms with E-state index >= 15 is 0 Å². The maximum atomic E-state index is 12.3. The van der Waals surface area contributed by atoms with Crippen LogP contribution in [0.1, 0.15) is 29.5 Å². The molecule has 0 spiro atoms. The van der Waals surface area contributed by atoms with Crippen LogP contribution >= 0.6 is 0 Å². The van der Waals surface area contributed by atoms with Crippen molar-refractivity contribution in [2.75, 3.05) is 6.54 Å². The van der Waals surface area contributed by atoms with Gasteiger partial charge in [-0.25, -0.2) is 4.79 Å². The number of carboxylic acids is 1. The Balaban J connectivity index is 2.12. The maximum Gasteiger partial charge on any atom is 0.326 e. The van der Waals surface area contributed by atoms with Gasteiger partial charge in [-0.05, 0) is 37.8 Å². The van der Waals surface area contributed by atoms with Crippen LogP contribution in [0.25, 0.3) is 0 Å². The van der Waals surface area contributed by atoms with Gasteiger partial charge in [0, 0.05) is 6.54 Å². The second-order valence-corrected chi connectivity index (χ2v) is 5.19. The number of aryl methyl sites for hydroxylation is 2. The van der Waals surface area contributed by atoms with Crippen LogP contribution in [0, 0.1) is 13.8 Å². The van der Waals surface area contributed by atoms with E-state index in [9.17, 15) is 9.59 Å². The van der Waals surface area contributed by atoms with Crippen molar-refractivity contribution in [2.24, 2.45) is 0 Å². The van der Waals surface area contributed by atoms with Crippen molar-refractivity contribution in [3.8, 4) is 0 Å². The number of hydrogen-bond acceptors (Lipinski definition) is 2. The molecule has 1 aromatic carbocycles. The molecule has 0 saturated carbocycles. The van der Waals surface area contributed by atoms with Gasteiger partial charge in [0.1, 0.15) is 6.04 Å². The zero-order valence-electron chi connectivity index (χ0n) is 11.3. The van der Waals surface area contributed by atoms with Gasteiger partial charge in [-0.2, -0.15) is 0 Å². The summed E-state index contributed by atoms with van der Waals surface area (Å²) in [6.07, 6.45) is 1.63. The van der Waals surface area contributed by atoms with E-state index in [1.54, 1.807) is 0 Å². The molecule has 0 aliphatic carbocycles. The Morgan fingerprint density at radius 3 is 2.79 bits per heavy atom. The van der Waals surface area contributed by atoms with Crippen molar-refractivity contribution in [3.63, 3.8) is 0 Å². The summed E-state index contributed by atoms with van der Waals surface area (Å²) in [5.41, 5.74) is 3.18. The number of likely N-dealkylation sites (tertiary alicyclic amines) is 1. The monoisotopic (exact) mass is 261 g/mol. The quantitative estimate of drug-likeness (QED) is 0.904. The lowest BCUT2D eigenvalue weighted by molar-refractivity contribution is -0.148. The van der Waals surface area contributed by atoms with E-state index in [4.69, 9.17) is 5.11 Å². The SMILES string of the molecule is Cc1ccc(C)c(CC(=O)N2CCC[C@H]2C(=O)O)c1. The van der Waals surface area contributed by atoms with Crippen molar-refractivity contribution in [1.82, 2.24) is 4.90 Å². The number of carbonyl (C=O) groups excluding carboxylic acids is 1. The van der Waals surface area contributed by atoms with Gasteiger partial charge in [0.2, 0.25) is 5.91 Å². The Morgan fingerprint density at radius 1 is 1.37 bits per heavy atom. The zero-order chi connectivity index (χ0) is 14.0. The third kappa shape index (κ3) is 2.95. The van der Waals surface area contributed by atoms with Crippen molar-refractivity contribution >= 4 is 11.9 Å². The zero-order valence-corrected chi connectivity index (χ0v) is 11.3. The predicted octanol–water partition coefficient (Wildman–Crippen LogP) is 1.92. The Morgan fingerprint density at radius 2 is 2.11 bits per heavy atom. The summed E-state index contributed by atoms with van der Waals surface area (Å²) in [4.78, 5) is 24.9. The summed E-state index contributed by atoms with van der Waals surface area (Å²) in [6, 6.07) is 5.37. The van der Waals surface area contributed by atoms with E-state index in [0.29, 0.717) is 13.0 Å². The third-order valence-electron chi connectivity index (χ3n) is 3.70. The van der Waals surface area contributed by atoms with Crippen LogP contribution in [0.3, 0.4) is 0 Å². The van der Waals surface area contributed by atoms with Crippen LogP contribution in [0.15, 0.2) is 18.2 Å². The van der Waals surface area contributed by atoms with Crippen molar-refractivity contribution in [1.29, 1.82) is 0 Å². The molecular weight excluding hydrogens is 242 g/mol. The Kier molecular flexibility index (Phi) is 3.88. The molecule has 1 N–H and O–H groups in total. The molecule has 0 bridgehead atoms. The van der Waals surface area contributed by atoms with Crippen molar-refractivity contribution < 1.29 is 14.7 Å². The van der Waals surface area contributed by atoms with E-state index < -0.39 is 12.0 Å². The lowest BCUT2D eigenvalue weighted by atomic mass is 10.0. The van der Waals surface area contributed by atoms with Crippen LogP contribution in [-0.4, -0.2) is 34.5 Å². The number of aliphatic carboxylic acids is 1. The fraction of sp³-hybridized carbons (Fsp3) is 0.467. The largest absolute Gasteiger partial charge is 0.480 e. The van der Waals surface area contributed by atoms with Gasteiger partial charge in [-0.3, -0.25) is 4.79 Å². The Labute approximate surface area is 113 Å². The molecule has 1 amide bonds. The van der Waals surface area contributed by atoms with Crippen molar-refractivity contribution in [3.05, 3.63) is 34.9 Å². The highest BCUT2D eigenvalue weighted by Gasteiger charge is 2.33. The van der Waals surface area contributed by atoms with Gasteiger partial charge in [-0.1, -0.05) is 23.8 Å². The third-order valence-corrected chi connectivity index (χ3v) is 3.70. The minimum absolute atomic E-state index is 0.0846. The standard InChI is InChI=1S/C15H19NO3/c1-10-5-6-11(2)12(8-10)9-14(17)16-7-3-4-13(16)15(18)19/h5-6,8,13H,3-4,7,9H2,1-2H3,(H,18,19)/t13-/m0/s1. The van der Waals surface area contributed by atoms with Gasteiger partial charge < -0.3 is 10.0 Å². The molecule has 1 heterocycles. The molecule has 1 aliphatic rings. The molecule has 0 unspecified atom stereocenters. The summed E-state index contributed by atoms with van der Waals surface area (Å²) >= 11 is 0. The summed E-state index contributed by atoms with van der Waals surface area (Å²) in [6.45, 7) is 4.52. The predicted molar refractivity (Wildman–Crippen MR) is 72.0 cm³/mol. The summed E-state index contributed by atoms with van der Waals surface area (Å²) < 4.78 is 0. The number of hydrogen-bond donors (Lipinski definition) is 1. The van der Waals surface area contributed by atoms with E-state index in [-0.39, 0.29) is 12.3 Å². The van der Waals surface area contributed by atoms with Crippen LogP contribution < -0.4 is 0 Å². The summed E-state index contributed by atoms with van der Waals surface area (Å²) in [7, 11) is 0. The summed E-state index contributed by atoms with van der Waals surface area (Å²) in [5.74, 6) is -0.981. The lowest BCUT2D eigenvalue weighted by Crippen LogP contribution is -2.41. The van der Waals surface area contributed by atoms with E-state index in [2.05, 4.69) is 0 Å². The molecule has 1 aromatic rings. The Bertz CT molecular complexity index is 510. The van der Waals surface area contributed by atoms with E-state index in [0.717, 1.165) is 23.1 Å². The second-order valence-electron chi connectivity index (χ2n) is 5.19. The molecule has 4 nitrogen and oxygen atoms in total. The van der Waals surface area contributed by atoms with Crippen LogP contribution in [0.4, 0.5) is 0 Å². The summed E-state index contributed by atoms with van der Waals surface area (Å²) in [5, 5.41) is 9.10. The van der Waals surface area contributed by atoms with Crippen molar-refractivity contribution in [2.45, 2.75) is 39.2 Å². The average molecular weight is 261 g/mol. The first-order valence-corrected chi connectivity index (χ1v) is 6.57. The van der Waals surface area contributed by atoms with E-state index in [1.165, 1.54) is 4.90 Å².